The third kappa shape index (κ3) is 4.27. The van der Waals surface area contributed by atoms with Crippen molar-refractivity contribution >= 4 is 23.5 Å². The maximum absolute atomic E-state index is 12.2. The van der Waals surface area contributed by atoms with Crippen molar-refractivity contribution in [2.24, 2.45) is 0 Å². The van der Waals surface area contributed by atoms with E-state index in [1.807, 2.05) is 27.7 Å². The van der Waals surface area contributed by atoms with Gasteiger partial charge in [-0.15, -0.1) is 0 Å². The number of anilines is 1. The highest BCUT2D eigenvalue weighted by molar-refractivity contribution is 6.33. The highest BCUT2D eigenvalue weighted by Gasteiger charge is 2.27. The fourth-order valence-electron chi connectivity index (χ4n) is 2.70. The number of pyridine rings is 1. The second kappa shape index (κ2) is 7.15. The van der Waals surface area contributed by atoms with Crippen LogP contribution in [0.1, 0.15) is 26.5 Å². The maximum Gasteiger partial charge on any atom is 0.410 e. The Hall–Kier alpha value is -2.28. The molecule has 140 valence electrons. The number of carbonyl (C=O) groups is 1. The summed E-state index contributed by atoms with van der Waals surface area (Å²) in [5, 5.41) is 0.532. The van der Waals surface area contributed by atoms with E-state index in [-0.39, 0.29) is 6.09 Å². The van der Waals surface area contributed by atoms with Crippen LogP contribution in [0, 0.1) is 6.92 Å². The van der Waals surface area contributed by atoms with E-state index in [0.717, 1.165) is 11.3 Å². The van der Waals surface area contributed by atoms with Gasteiger partial charge in [-0.25, -0.2) is 14.8 Å². The van der Waals surface area contributed by atoms with Crippen LogP contribution in [0.15, 0.2) is 22.9 Å². The first-order valence-electron chi connectivity index (χ1n) is 8.54. The lowest BCUT2D eigenvalue weighted by Crippen LogP contribution is -2.50. The van der Waals surface area contributed by atoms with Gasteiger partial charge in [-0.05, 0) is 33.8 Å². The molecule has 1 aliphatic heterocycles. The standard InChI is InChI=1S/C18H23ClN4O3/c1-12-10-21-16(25-12)13-9-14(19)15(20-11-13)22-5-7-23(8-6-22)17(24)26-18(2,3)4/h9-11H,5-8H2,1-4H3. The number of oxazole rings is 1. The summed E-state index contributed by atoms with van der Waals surface area (Å²) in [6.07, 6.45) is 3.07. The Labute approximate surface area is 157 Å². The topological polar surface area (TPSA) is 71.7 Å². The number of piperazine rings is 1. The molecule has 1 fully saturated rings. The van der Waals surface area contributed by atoms with Crippen molar-refractivity contribution in [2.75, 3.05) is 31.1 Å². The molecule has 0 aromatic carbocycles. The minimum Gasteiger partial charge on any atom is -0.444 e. The molecule has 0 unspecified atom stereocenters. The number of hydrogen-bond acceptors (Lipinski definition) is 6. The molecule has 2 aromatic rings. The van der Waals surface area contributed by atoms with Crippen LogP contribution in [0.5, 0.6) is 0 Å². The molecule has 0 atom stereocenters. The van der Waals surface area contributed by atoms with E-state index in [1.165, 1.54) is 0 Å². The van der Waals surface area contributed by atoms with E-state index >= 15 is 0 Å². The third-order valence-corrected chi connectivity index (χ3v) is 4.20. The number of amides is 1. The minimum atomic E-state index is -0.493. The van der Waals surface area contributed by atoms with Crippen molar-refractivity contribution in [3.63, 3.8) is 0 Å². The van der Waals surface area contributed by atoms with Crippen LogP contribution >= 0.6 is 11.6 Å². The van der Waals surface area contributed by atoms with Gasteiger partial charge in [0.1, 0.15) is 17.2 Å². The fraction of sp³-hybridized carbons (Fsp3) is 0.500. The zero-order valence-electron chi connectivity index (χ0n) is 15.5. The highest BCUT2D eigenvalue weighted by Crippen LogP contribution is 2.29. The monoisotopic (exact) mass is 378 g/mol. The molecule has 8 heteroatoms. The number of hydrogen-bond donors (Lipinski definition) is 0. The summed E-state index contributed by atoms with van der Waals surface area (Å²) in [7, 11) is 0. The number of nitrogens with zero attached hydrogens (tertiary/aromatic N) is 4. The largest absolute Gasteiger partial charge is 0.444 e. The van der Waals surface area contributed by atoms with Crippen molar-refractivity contribution in [1.82, 2.24) is 14.9 Å². The molecule has 1 aliphatic rings. The van der Waals surface area contributed by atoms with E-state index < -0.39 is 5.60 Å². The van der Waals surface area contributed by atoms with Crippen molar-refractivity contribution in [3.8, 4) is 11.5 Å². The van der Waals surface area contributed by atoms with Gasteiger partial charge in [0.15, 0.2) is 0 Å². The maximum atomic E-state index is 12.2. The summed E-state index contributed by atoms with van der Waals surface area (Å²) in [6.45, 7) is 9.84. The number of carbonyl (C=O) groups excluding carboxylic acids is 1. The van der Waals surface area contributed by atoms with Crippen LogP contribution in [0.2, 0.25) is 5.02 Å². The van der Waals surface area contributed by atoms with Gasteiger partial charge in [0.05, 0.1) is 16.8 Å². The molecule has 0 aliphatic carbocycles. The second-order valence-corrected chi connectivity index (χ2v) is 7.67. The molecule has 0 bridgehead atoms. The van der Waals surface area contributed by atoms with Crippen molar-refractivity contribution < 1.29 is 13.9 Å². The number of ether oxygens (including phenoxy) is 1. The Morgan fingerprint density at radius 2 is 1.88 bits per heavy atom. The number of aromatic nitrogens is 2. The average Bonchev–Trinajstić information content (AvgIpc) is 3.00. The predicted octanol–water partition coefficient (Wildman–Crippen LogP) is 3.76. The molecule has 3 rings (SSSR count). The van der Waals surface area contributed by atoms with Crippen molar-refractivity contribution in [1.29, 1.82) is 0 Å². The molecule has 1 saturated heterocycles. The van der Waals surface area contributed by atoms with Gasteiger partial charge in [-0.1, -0.05) is 11.6 Å². The summed E-state index contributed by atoms with van der Waals surface area (Å²) in [5.41, 5.74) is 0.243. The Morgan fingerprint density at radius 3 is 2.42 bits per heavy atom. The zero-order valence-corrected chi connectivity index (χ0v) is 16.2. The second-order valence-electron chi connectivity index (χ2n) is 7.26. The summed E-state index contributed by atoms with van der Waals surface area (Å²) in [6, 6.07) is 1.80. The predicted molar refractivity (Wildman–Crippen MR) is 99.5 cm³/mol. The van der Waals surface area contributed by atoms with Crippen molar-refractivity contribution in [3.05, 3.63) is 29.2 Å². The summed E-state index contributed by atoms with van der Waals surface area (Å²) in [4.78, 5) is 24.6. The molecular formula is C18H23ClN4O3. The minimum absolute atomic E-state index is 0.286. The van der Waals surface area contributed by atoms with Gasteiger partial charge in [-0.3, -0.25) is 0 Å². The Morgan fingerprint density at radius 1 is 1.19 bits per heavy atom. The van der Waals surface area contributed by atoms with E-state index in [9.17, 15) is 4.79 Å². The molecule has 0 saturated carbocycles. The Balaban J connectivity index is 1.65. The molecular weight excluding hydrogens is 356 g/mol. The molecule has 2 aromatic heterocycles. The Kier molecular flexibility index (Phi) is 5.09. The van der Waals surface area contributed by atoms with Crippen LogP contribution in [0.25, 0.3) is 11.5 Å². The van der Waals surface area contributed by atoms with Gasteiger partial charge < -0.3 is 19.0 Å². The molecule has 0 spiro atoms. The van der Waals surface area contributed by atoms with E-state index in [1.54, 1.807) is 23.4 Å². The van der Waals surface area contributed by atoms with E-state index in [4.69, 9.17) is 20.8 Å². The van der Waals surface area contributed by atoms with Gasteiger partial charge in [0.2, 0.25) is 5.89 Å². The summed E-state index contributed by atoms with van der Waals surface area (Å²) >= 11 is 6.43. The average molecular weight is 379 g/mol. The van der Waals surface area contributed by atoms with Crippen LogP contribution in [-0.2, 0) is 4.74 Å². The lowest BCUT2D eigenvalue weighted by molar-refractivity contribution is 0.0240. The Bertz CT molecular complexity index is 792. The summed E-state index contributed by atoms with van der Waals surface area (Å²) in [5.74, 6) is 1.93. The molecule has 7 nitrogen and oxygen atoms in total. The molecule has 26 heavy (non-hydrogen) atoms. The molecule has 3 heterocycles. The molecule has 1 amide bonds. The first-order chi connectivity index (χ1) is 12.2. The van der Waals surface area contributed by atoms with Gasteiger partial charge >= 0.3 is 6.09 Å². The lowest BCUT2D eigenvalue weighted by atomic mass is 10.2. The fourth-order valence-corrected chi connectivity index (χ4v) is 2.98. The quantitative estimate of drug-likeness (QED) is 0.792. The first-order valence-corrected chi connectivity index (χ1v) is 8.92. The lowest BCUT2D eigenvalue weighted by Gasteiger charge is -2.36. The van der Waals surface area contributed by atoms with Crippen molar-refractivity contribution in [2.45, 2.75) is 33.3 Å². The smallest absolute Gasteiger partial charge is 0.410 e. The van der Waals surface area contributed by atoms with E-state index in [2.05, 4.69) is 14.9 Å². The zero-order chi connectivity index (χ0) is 18.9. The SMILES string of the molecule is Cc1cnc(-c2cnc(N3CCN(C(=O)OC(C)(C)C)CC3)c(Cl)c2)o1. The molecule has 0 radical (unpaired) electrons. The van der Waals surface area contributed by atoms with Crippen LogP contribution in [0.4, 0.5) is 10.6 Å². The first kappa shape index (κ1) is 18.5. The van der Waals surface area contributed by atoms with Gasteiger partial charge in [-0.2, -0.15) is 0 Å². The summed E-state index contributed by atoms with van der Waals surface area (Å²) < 4.78 is 10.9. The van der Waals surface area contributed by atoms with Crippen LogP contribution < -0.4 is 4.90 Å². The normalized spacial score (nSPS) is 15.3. The highest BCUT2D eigenvalue weighted by atomic mass is 35.5. The van der Waals surface area contributed by atoms with Gasteiger partial charge in [0, 0.05) is 32.4 Å². The number of halogens is 1. The molecule has 0 N–H and O–H groups in total. The third-order valence-electron chi connectivity index (χ3n) is 3.92. The number of aryl methyl sites for hydroxylation is 1. The number of rotatable bonds is 2. The van der Waals surface area contributed by atoms with Crippen LogP contribution in [0.3, 0.4) is 0 Å². The van der Waals surface area contributed by atoms with Crippen LogP contribution in [-0.4, -0.2) is 52.7 Å². The van der Waals surface area contributed by atoms with E-state index in [0.29, 0.717) is 42.9 Å². The van der Waals surface area contributed by atoms with Gasteiger partial charge in [0.25, 0.3) is 0 Å².